The molecule has 0 amide bonds. The molecule has 0 bridgehead atoms. The van der Waals surface area contributed by atoms with Crippen molar-refractivity contribution in [1.82, 2.24) is 0 Å². The molecule has 8 nitrogen and oxygen atoms in total. The smallest absolute Gasteiger partial charge is 0.308 e. The van der Waals surface area contributed by atoms with Gasteiger partial charge in [0.1, 0.15) is 0 Å². The fraction of sp³-hybridized carbons (Fsp3) is 0.200. The highest BCUT2D eigenvalue weighted by Gasteiger charge is 2.19. The molecule has 0 fully saturated rings. The van der Waals surface area contributed by atoms with E-state index in [0.717, 1.165) is 0 Å². The number of carbonyl (C=O) groups excluding carboxylic acids is 4. The first-order valence-corrected chi connectivity index (χ1v) is 10.7. The average Bonchev–Trinajstić information content (AvgIpc) is 2.62. The molecule has 0 aliphatic carbocycles. The molecule has 10 heteroatoms. The molecule has 2 aromatic rings. The molecule has 0 radical (unpaired) electrons. The SMILES string of the molecule is CC(=O)Oc1cccc(SSc2cccc(OC(C)=O)c2OC(C)=O)c1OC(C)=O. The van der Waals surface area contributed by atoms with Gasteiger partial charge in [0.2, 0.25) is 0 Å². The maximum Gasteiger partial charge on any atom is 0.308 e. The largest absolute Gasteiger partial charge is 0.423 e. The van der Waals surface area contributed by atoms with E-state index in [1.54, 1.807) is 24.3 Å². The summed E-state index contributed by atoms with van der Waals surface area (Å²) in [6, 6.07) is 9.61. The highest BCUT2D eigenvalue weighted by molar-refractivity contribution is 8.76. The van der Waals surface area contributed by atoms with Crippen LogP contribution in [0, 0.1) is 0 Å². The third-order valence-electron chi connectivity index (χ3n) is 3.11. The lowest BCUT2D eigenvalue weighted by molar-refractivity contribution is -0.134. The van der Waals surface area contributed by atoms with Gasteiger partial charge < -0.3 is 18.9 Å². The Morgan fingerprint density at radius 2 is 0.900 bits per heavy atom. The van der Waals surface area contributed by atoms with Crippen LogP contribution in [0.1, 0.15) is 27.7 Å². The van der Waals surface area contributed by atoms with Crippen molar-refractivity contribution < 1.29 is 38.1 Å². The zero-order valence-electron chi connectivity index (χ0n) is 16.5. The molecule has 158 valence electrons. The second-order valence-electron chi connectivity index (χ2n) is 5.71. The normalized spacial score (nSPS) is 10.1. The van der Waals surface area contributed by atoms with Gasteiger partial charge in [-0.1, -0.05) is 12.1 Å². The minimum atomic E-state index is -0.584. The lowest BCUT2D eigenvalue weighted by Crippen LogP contribution is -2.08. The van der Waals surface area contributed by atoms with Crippen LogP contribution in [0.15, 0.2) is 46.2 Å². The Morgan fingerprint density at radius 1 is 0.567 bits per heavy atom. The molecule has 0 aliphatic rings. The standard InChI is InChI=1S/C20H18O8S2/c1-11(21)25-15-7-5-9-17(19(15)27-13(3)23)29-30-18-10-6-8-16(26-12(2)22)20(18)28-14(4)24/h5-10H,1-4H3. The van der Waals surface area contributed by atoms with Crippen LogP contribution >= 0.6 is 21.6 Å². The van der Waals surface area contributed by atoms with Crippen molar-refractivity contribution in [2.24, 2.45) is 0 Å². The Hall–Kier alpha value is -2.98. The van der Waals surface area contributed by atoms with E-state index in [4.69, 9.17) is 18.9 Å². The number of hydrogen-bond acceptors (Lipinski definition) is 10. The first-order valence-electron chi connectivity index (χ1n) is 8.51. The number of para-hydroxylation sites is 2. The lowest BCUT2D eigenvalue weighted by Gasteiger charge is -2.14. The van der Waals surface area contributed by atoms with E-state index in [9.17, 15) is 19.2 Å². The van der Waals surface area contributed by atoms with Crippen LogP contribution < -0.4 is 18.9 Å². The van der Waals surface area contributed by atoms with Gasteiger partial charge in [0.25, 0.3) is 0 Å². The van der Waals surface area contributed by atoms with Gasteiger partial charge in [-0.2, -0.15) is 0 Å². The number of carbonyl (C=O) groups is 4. The summed E-state index contributed by atoms with van der Waals surface area (Å²) in [6.45, 7) is 4.93. The van der Waals surface area contributed by atoms with E-state index in [-0.39, 0.29) is 23.0 Å². The summed E-state index contributed by atoms with van der Waals surface area (Å²) in [7, 11) is 2.34. The topological polar surface area (TPSA) is 105 Å². The number of esters is 4. The molecule has 2 rings (SSSR count). The maximum atomic E-state index is 11.5. The molecule has 0 heterocycles. The Kier molecular flexibility index (Phi) is 8.31. The highest BCUT2D eigenvalue weighted by Crippen LogP contribution is 2.49. The van der Waals surface area contributed by atoms with Crippen molar-refractivity contribution in [1.29, 1.82) is 0 Å². The van der Waals surface area contributed by atoms with E-state index in [1.165, 1.54) is 61.4 Å². The summed E-state index contributed by atoms with van der Waals surface area (Å²) in [5.74, 6) is -1.94. The second kappa shape index (κ2) is 10.7. The van der Waals surface area contributed by atoms with Crippen molar-refractivity contribution in [2.45, 2.75) is 37.5 Å². The molecule has 2 aromatic carbocycles. The van der Waals surface area contributed by atoms with Gasteiger partial charge in [0, 0.05) is 27.7 Å². The predicted molar refractivity (Wildman–Crippen MR) is 110 cm³/mol. The highest BCUT2D eigenvalue weighted by atomic mass is 33.1. The molecular weight excluding hydrogens is 432 g/mol. The van der Waals surface area contributed by atoms with Crippen molar-refractivity contribution in [3.05, 3.63) is 36.4 Å². The third-order valence-corrected chi connectivity index (χ3v) is 5.52. The minimum Gasteiger partial charge on any atom is -0.423 e. The van der Waals surface area contributed by atoms with Crippen molar-refractivity contribution >= 4 is 45.5 Å². The van der Waals surface area contributed by atoms with Gasteiger partial charge in [0.05, 0.1) is 9.79 Å². The van der Waals surface area contributed by atoms with Crippen LogP contribution in [-0.2, 0) is 19.2 Å². The third kappa shape index (κ3) is 6.82. The lowest BCUT2D eigenvalue weighted by atomic mass is 10.3. The molecule has 0 unspecified atom stereocenters. The molecular formula is C20H18O8S2. The van der Waals surface area contributed by atoms with Gasteiger partial charge in [-0.25, -0.2) is 0 Å². The fourth-order valence-corrected chi connectivity index (χ4v) is 4.38. The second-order valence-corrected chi connectivity index (χ2v) is 7.92. The molecule has 0 aliphatic heterocycles. The Labute approximate surface area is 180 Å². The van der Waals surface area contributed by atoms with Gasteiger partial charge >= 0.3 is 23.9 Å². The van der Waals surface area contributed by atoms with Gasteiger partial charge in [-0.05, 0) is 45.9 Å². The number of rotatable bonds is 7. The molecule has 0 atom stereocenters. The van der Waals surface area contributed by atoms with Crippen LogP contribution in [0.4, 0.5) is 0 Å². The van der Waals surface area contributed by atoms with Gasteiger partial charge in [0.15, 0.2) is 23.0 Å². The Balaban J connectivity index is 2.38. The zero-order chi connectivity index (χ0) is 22.3. The average molecular weight is 450 g/mol. The van der Waals surface area contributed by atoms with E-state index >= 15 is 0 Å². The van der Waals surface area contributed by atoms with E-state index < -0.39 is 23.9 Å². The zero-order valence-corrected chi connectivity index (χ0v) is 18.2. The van der Waals surface area contributed by atoms with Crippen LogP contribution in [0.25, 0.3) is 0 Å². The molecule has 0 aromatic heterocycles. The van der Waals surface area contributed by atoms with Crippen molar-refractivity contribution in [3.8, 4) is 23.0 Å². The Morgan fingerprint density at radius 3 is 1.20 bits per heavy atom. The predicted octanol–water partition coefficient (Wildman–Crippen LogP) is 4.19. The van der Waals surface area contributed by atoms with E-state index in [1.807, 2.05) is 0 Å². The van der Waals surface area contributed by atoms with Crippen LogP contribution in [0.2, 0.25) is 0 Å². The summed E-state index contributed by atoms with van der Waals surface area (Å²) in [4.78, 5) is 46.7. The first-order chi connectivity index (χ1) is 14.2. The Bertz CT molecular complexity index is 907. The number of ether oxygens (including phenoxy) is 4. The number of hydrogen-bond donors (Lipinski definition) is 0. The number of benzene rings is 2. The summed E-state index contributed by atoms with van der Waals surface area (Å²) in [5, 5.41) is 0. The minimum absolute atomic E-state index is 0.0860. The van der Waals surface area contributed by atoms with Gasteiger partial charge in [-0.3, -0.25) is 19.2 Å². The molecule has 0 N–H and O–H groups in total. The van der Waals surface area contributed by atoms with E-state index in [2.05, 4.69) is 0 Å². The van der Waals surface area contributed by atoms with E-state index in [0.29, 0.717) is 9.79 Å². The van der Waals surface area contributed by atoms with Crippen molar-refractivity contribution in [2.75, 3.05) is 0 Å². The fourth-order valence-electron chi connectivity index (χ4n) is 2.17. The quantitative estimate of drug-likeness (QED) is 0.346. The summed E-state index contributed by atoms with van der Waals surface area (Å²) in [6.07, 6.45) is 0. The summed E-state index contributed by atoms with van der Waals surface area (Å²) < 4.78 is 20.7. The van der Waals surface area contributed by atoms with Crippen LogP contribution in [0.3, 0.4) is 0 Å². The van der Waals surface area contributed by atoms with Gasteiger partial charge in [-0.15, -0.1) is 0 Å². The van der Waals surface area contributed by atoms with Crippen LogP contribution in [-0.4, -0.2) is 23.9 Å². The van der Waals surface area contributed by atoms with Crippen molar-refractivity contribution in [3.63, 3.8) is 0 Å². The van der Waals surface area contributed by atoms with Crippen LogP contribution in [0.5, 0.6) is 23.0 Å². The molecule has 30 heavy (non-hydrogen) atoms. The molecule has 0 saturated carbocycles. The first kappa shape index (κ1) is 23.3. The summed E-state index contributed by atoms with van der Waals surface area (Å²) in [5.41, 5.74) is 0. The molecule has 0 spiro atoms. The monoisotopic (exact) mass is 450 g/mol. The summed E-state index contributed by atoms with van der Waals surface area (Å²) >= 11 is 0. The maximum absolute atomic E-state index is 11.5. The molecule has 0 saturated heterocycles.